The van der Waals surface area contributed by atoms with Crippen molar-refractivity contribution in [3.8, 4) is 17.2 Å². The predicted molar refractivity (Wildman–Crippen MR) is 118 cm³/mol. The number of ether oxygens (including phenoxy) is 3. The first-order valence-electron chi connectivity index (χ1n) is 9.79. The van der Waals surface area contributed by atoms with Crippen LogP contribution in [0.25, 0.3) is 5.69 Å². The molecule has 0 bridgehead atoms. The van der Waals surface area contributed by atoms with Crippen LogP contribution >= 0.6 is 0 Å². The molecule has 0 spiro atoms. The summed E-state index contributed by atoms with van der Waals surface area (Å²) in [5, 5.41) is 2.68. The van der Waals surface area contributed by atoms with Crippen LogP contribution in [0.4, 0.5) is 5.69 Å². The van der Waals surface area contributed by atoms with Crippen molar-refractivity contribution in [2.24, 2.45) is 0 Å². The molecule has 1 heterocycles. The monoisotopic (exact) mass is 422 g/mol. The van der Waals surface area contributed by atoms with Gasteiger partial charge in [-0.15, -0.1) is 0 Å². The zero-order valence-corrected chi connectivity index (χ0v) is 18.3. The fourth-order valence-electron chi connectivity index (χ4n) is 3.44. The Kier molecular flexibility index (Phi) is 6.65. The van der Waals surface area contributed by atoms with Crippen LogP contribution in [0.1, 0.15) is 27.3 Å². The van der Waals surface area contributed by atoms with Crippen LogP contribution in [0.2, 0.25) is 0 Å². The van der Waals surface area contributed by atoms with E-state index in [1.54, 1.807) is 24.3 Å². The number of hydrogen-bond donors (Lipinski definition) is 1. The van der Waals surface area contributed by atoms with Gasteiger partial charge in [0, 0.05) is 23.1 Å². The molecule has 7 nitrogen and oxygen atoms in total. The van der Waals surface area contributed by atoms with Gasteiger partial charge in [-0.05, 0) is 56.7 Å². The molecule has 7 heteroatoms. The molecule has 0 radical (unpaired) electrons. The van der Waals surface area contributed by atoms with E-state index < -0.39 is 18.5 Å². The standard InChI is InChI=1S/C24H26N2O5/c1-15-7-6-8-18(11-15)26-16(2)12-20(17(26)3)24(28)31-14-23(27)25-21-13-19(29-4)9-10-22(21)30-5/h6-13H,14H2,1-5H3,(H,25,27). The fraction of sp³-hybridized carbons (Fsp3) is 0.250. The van der Waals surface area contributed by atoms with E-state index >= 15 is 0 Å². The number of amides is 1. The van der Waals surface area contributed by atoms with Gasteiger partial charge in [0.1, 0.15) is 11.5 Å². The minimum Gasteiger partial charge on any atom is -0.497 e. The zero-order valence-electron chi connectivity index (χ0n) is 18.3. The maximum Gasteiger partial charge on any atom is 0.340 e. The lowest BCUT2D eigenvalue weighted by Crippen LogP contribution is -2.21. The normalized spacial score (nSPS) is 10.5. The van der Waals surface area contributed by atoms with E-state index in [2.05, 4.69) is 5.32 Å². The molecule has 0 unspecified atom stereocenters. The van der Waals surface area contributed by atoms with E-state index in [1.807, 2.05) is 49.6 Å². The number of hydrogen-bond acceptors (Lipinski definition) is 5. The summed E-state index contributed by atoms with van der Waals surface area (Å²) in [5.41, 5.74) is 4.60. The predicted octanol–water partition coefficient (Wildman–Crippen LogP) is 4.22. The number of nitrogens with zero attached hydrogens (tertiary/aromatic N) is 1. The molecule has 1 amide bonds. The molecule has 1 N–H and O–H groups in total. The second-order valence-electron chi connectivity index (χ2n) is 7.15. The highest BCUT2D eigenvalue weighted by Gasteiger charge is 2.19. The maximum absolute atomic E-state index is 12.6. The average molecular weight is 422 g/mol. The van der Waals surface area contributed by atoms with E-state index in [4.69, 9.17) is 14.2 Å². The first-order chi connectivity index (χ1) is 14.8. The van der Waals surface area contributed by atoms with Gasteiger partial charge in [-0.25, -0.2) is 4.79 Å². The van der Waals surface area contributed by atoms with Gasteiger partial charge in [-0.2, -0.15) is 0 Å². The molecule has 0 aliphatic rings. The van der Waals surface area contributed by atoms with Crippen LogP contribution in [-0.2, 0) is 9.53 Å². The lowest BCUT2D eigenvalue weighted by atomic mass is 10.2. The number of nitrogens with one attached hydrogen (secondary N) is 1. The van der Waals surface area contributed by atoms with Gasteiger partial charge in [0.25, 0.3) is 5.91 Å². The molecule has 31 heavy (non-hydrogen) atoms. The van der Waals surface area contributed by atoms with Crippen molar-refractivity contribution in [2.45, 2.75) is 20.8 Å². The third-order valence-electron chi connectivity index (χ3n) is 4.93. The van der Waals surface area contributed by atoms with Crippen LogP contribution in [0, 0.1) is 20.8 Å². The summed E-state index contributed by atoms with van der Waals surface area (Å²) in [5.74, 6) is 0.00557. The van der Waals surface area contributed by atoms with Gasteiger partial charge in [0.05, 0.1) is 25.5 Å². The van der Waals surface area contributed by atoms with Crippen molar-refractivity contribution in [3.63, 3.8) is 0 Å². The van der Waals surface area contributed by atoms with Crippen molar-refractivity contribution in [2.75, 3.05) is 26.1 Å². The topological polar surface area (TPSA) is 78.8 Å². The summed E-state index contributed by atoms with van der Waals surface area (Å²) in [7, 11) is 3.03. The smallest absolute Gasteiger partial charge is 0.340 e. The summed E-state index contributed by atoms with van der Waals surface area (Å²) in [6.07, 6.45) is 0. The minimum atomic E-state index is -0.556. The number of benzene rings is 2. The summed E-state index contributed by atoms with van der Waals surface area (Å²) in [4.78, 5) is 25.0. The molecule has 0 saturated heterocycles. The lowest BCUT2D eigenvalue weighted by molar-refractivity contribution is -0.119. The molecular formula is C24H26N2O5. The van der Waals surface area contributed by atoms with Crippen molar-refractivity contribution in [3.05, 3.63) is 71.0 Å². The first kappa shape index (κ1) is 22.0. The van der Waals surface area contributed by atoms with Crippen molar-refractivity contribution >= 4 is 17.6 Å². The van der Waals surface area contributed by atoms with Gasteiger partial charge in [-0.3, -0.25) is 4.79 Å². The number of aromatic nitrogens is 1. The summed E-state index contributed by atoms with van der Waals surface area (Å²) in [6.45, 7) is 5.37. The van der Waals surface area contributed by atoms with E-state index in [-0.39, 0.29) is 0 Å². The molecular weight excluding hydrogens is 396 g/mol. The van der Waals surface area contributed by atoms with Crippen molar-refractivity contribution < 1.29 is 23.8 Å². The van der Waals surface area contributed by atoms with Gasteiger partial charge >= 0.3 is 5.97 Å². The second-order valence-corrected chi connectivity index (χ2v) is 7.15. The van der Waals surface area contributed by atoms with Crippen molar-refractivity contribution in [1.29, 1.82) is 0 Å². The van der Waals surface area contributed by atoms with Crippen LogP contribution in [0.3, 0.4) is 0 Å². The second kappa shape index (κ2) is 9.38. The Hall–Kier alpha value is -3.74. The van der Waals surface area contributed by atoms with E-state index in [0.29, 0.717) is 22.7 Å². The molecule has 3 aromatic rings. The Morgan fingerprint density at radius 2 is 1.74 bits per heavy atom. The first-order valence-corrected chi connectivity index (χ1v) is 9.79. The average Bonchev–Trinajstić information content (AvgIpc) is 3.05. The SMILES string of the molecule is COc1ccc(OC)c(NC(=O)COC(=O)c2cc(C)n(-c3cccc(C)c3)c2C)c1. The summed E-state index contributed by atoms with van der Waals surface area (Å²) < 4.78 is 17.7. The highest BCUT2D eigenvalue weighted by Crippen LogP contribution is 2.29. The van der Waals surface area contributed by atoms with Crippen LogP contribution in [0.5, 0.6) is 11.5 Å². The number of esters is 1. The van der Waals surface area contributed by atoms with Crippen molar-refractivity contribution in [1.82, 2.24) is 4.57 Å². The summed E-state index contributed by atoms with van der Waals surface area (Å²) >= 11 is 0. The molecule has 0 aliphatic heterocycles. The third-order valence-corrected chi connectivity index (χ3v) is 4.93. The quantitative estimate of drug-likeness (QED) is 0.577. The number of carbonyl (C=O) groups is 2. The third kappa shape index (κ3) is 4.88. The lowest BCUT2D eigenvalue weighted by Gasteiger charge is -2.12. The molecule has 1 aromatic heterocycles. The highest BCUT2D eigenvalue weighted by atomic mass is 16.5. The Bertz CT molecular complexity index is 1120. The van der Waals surface area contributed by atoms with E-state index in [1.165, 1.54) is 14.2 Å². The Balaban J connectivity index is 1.70. The number of anilines is 1. The summed E-state index contributed by atoms with van der Waals surface area (Å²) in [6, 6.07) is 14.8. The molecule has 3 rings (SSSR count). The number of rotatable bonds is 7. The number of methoxy groups -OCH3 is 2. The van der Waals surface area contributed by atoms with Gasteiger partial charge in [0.15, 0.2) is 6.61 Å². The Morgan fingerprint density at radius 3 is 2.42 bits per heavy atom. The molecule has 0 aliphatic carbocycles. The molecule has 0 saturated carbocycles. The minimum absolute atomic E-state index is 0.422. The van der Waals surface area contributed by atoms with Crippen LogP contribution in [0.15, 0.2) is 48.5 Å². The van der Waals surface area contributed by atoms with E-state index in [0.717, 1.165) is 22.6 Å². The highest BCUT2D eigenvalue weighted by molar-refractivity contribution is 5.97. The largest absolute Gasteiger partial charge is 0.497 e. The molecule has 2 aromatic carbocycles. The van der Waals surface area contributed by atoms with Crippen LogP contribution in [-0.4, -0.2) is 37.3 Å². The van der Waals surface area contributed by atoms with Gasteiger partial charge in [-0.1, -0.05) is 12.1 Å². The van der Waals surface area contributed by atoms with E-state index in [9.17, 15) is 9.59 Å². The van der Waals surface area contributed by atoms with Gasteiger partial charge < -0.3 is 24.1 Å². The van der Waals surface area contributed by atoms with Crippen LogP contribution < -0.4 is 14.8 Å². The number of carbonyl (C=O) groups excluding carboxylic acids is 2. The molecule has 0 fully saturated rings. The zero-order chi connectivity index (χ0) is 22.5. The maximum atomic E-state index is 12.6. The Morgan fingerprint density at radius 1 is 0.968 bits per heavy atom. The Labute approximate surface area is 181 Å². The van der Waals surface area contributed by atoms with Gasteiger partial charge in [0.2, 0.25) is 0 Å². The molecule has 0 atom stereocenters. The fourth-order valence-corrected chi connectivity index (χ4v) is 3.44. The molecule has 162 valence electrons. The number of aryl methyl sites for hydroxylation is 2.